The Bertz CT molecular complexity index is 1580. The third-order valence-corrected chi connectivity index (χ3v) is 6.94. The number of fused-ring (bicyclic) bond motifs is 1. The predicted octanol–water partition coefficient (Wildman–Crippen LogP) is 5.79. The largest absolute Gasteiger partial charge is 0.497 e. The van der Waals surface area contributed by atoms with Crippen molar-refractivity contribution < 1.29 is 4.74 Å². The number of nitrogens with zero attached hydrogens (tertiary/aromatic N) is 2. The number of aromatic amines is 2. The number of rotatable bonds is 8. The molecule has 0 unspecified atom stereocenters. The Morgan fingerprint density at radius 3 is 2.37 bits per heavy atom. The zero-order valence-corrected chi connectivity index (χ0v) is 22.2. The van der Waals surface area contributed by atoms with Crippen molar-refractivity contribution in [1.82, 2.24) is 20.2 Å². The van der Waals surface area contributed by atoms with Crippen molar-refractivity contribution in [3.05, 3.63) is 117 Å². The Labute approximate surface area is 222 Å². The van der Waals surface area contributed by atoms with E-state index in [1.165, 1.54) is 5.56 Å². The number of hydrogen-bond acceptors (Lipinski definition) is 5. The molecule has 0 radical (unpaired) electrons. The molecular formula is C31H33N5O2. The minimum atomic E-state index is -0.240. The van der Waals surface area contributed by atoms with Gasteiger partial charge in [0.05, 0.1) is 7.11 Å². The maximum atomic E-state index is 12.8. The van der Waals surface area contributed by atoms with Gasteiger partial charge in [-0.1, -0.05) is 75.4 Å². The van der Waals surface area contributed by atoms with Crippen LogP contribution >= 0.6 is 0 Å². The van der Waals surface area contributed by atoms with Crippen LogP contribution in [0.15, 0.2) is 83.8 Å². The second-order valence-corrected chi connectivity index (χ2v) is 10.6. The molecule has 0 saturated carbocycles. The van der Waals surface area contributed by atoms with Crippen LogP contribution in [0.2, 0.25) is 0 Å². The van der Waals surface area contributed by atoms with Crippen LogP contribution in [0.25, 0.3) is 10.9 Å². The van der Waals surface area contributed by atoms with Crippen LogP contribution in [0.4, 0.5) is 5.95 Å². The van der Waals surface area contributed by atoms with E-state index < -0.39 is 0 Å². The molecule has 2 heterocycles. The first-order chi connectivity index (χ1) is 18.3. The summed E-state index contributed by atoms with van der Waals surface area (Å²) in [5.41, 5.74) is 5.86. The number of para-hydroxylation sites is 1. The molecule has 2 aromatic heterocycles. The fourth-order valence-corrected chi connectivity index (χ4v) is 4.70. The van der Waals surface area contributed by atoms with E-state index in [1.54, 1.807) is 7.11 Å². The Morgan fingerprint density at radius 1 is 0.947 bits per heavy atom. The van der Waals surface area contributed by atoms with Crippen molar-refractivity contribution >= 4 is 16.9 Å². The standard InChI is InChI=1S/C31H33N5O2/c1-31(2,3)22-13-9-20(10-14-22)17-28-29(37)34-30(36-35-28)33-18-25(21-11-15-23(38-4)16-12-21)26-19-32-27-8-6-5-7-24(26)27/h5-16,19,25,32H,17-18H2,1-4H3,(H2,33,34,36,37)/t25-/m0/s1. The smallest absolute Gasteiger partial charge is 0.274 e. The van der Waals surface area contributed by atoms with Gasteiger partial charge < -0.3 is 15.0 Å². The second kappa shape index (κ2) is 10.5. The topological polar surface area (TPSA) is 95.7 Å². The van der Waals surface area contributed by atoms with Gasteiger partial charge in [0.1, 0.15) is 11.4 Å². The van der Waals surface area contributed by atoms with Gasteiger partial charge in [-0.05, 0) is 45.9 Å². The monoisotopic (exact) mass is 507 g/mol. The lowest BCUT2D eigenvalue weighted by molar-refractivity contribution is 0.414. The first kappa shape index (κ1) is 25.3. The minimum absolute atomic E-state index is 0.00312. The van der Waals surface area contributed by atoms with Gasteiger partial charge in [-0.25, -0.2) is 0 Å². The lowest BCUT2D eigenvalue weighted by atomic mass is 9.86. The van der Waals surface area contributed by atoms with Crippen molar-refractivity contribution in [3.8, 4) is 5.75 Å². The summed E-state index contributed by atoms with van der Waals surface area (Å²) in [5, 5.41) is 13.0. The maximum Gasteiger partial charge on any atom is 0.274 e. The number of ether oxygens (including phenoxy) is 1. The van der Waals surface area contributed by atoms with Gasteiger partial charge in [-0.2, -0.15) is 0 Å². The molecule has 7 heteroatoms. The highest BCUT2D eigenvalue weighted by Gasteiger charge is 2.19. The quantitative estimate of drug-likeness (QED) is 0.247. The number of anilines is 1. The van der Waals surface area contributed by atoms with Gasteiger partial charge in [0.2, 0.25) is 5.95 Å². The second-order valence-electron chi connectivity index (χ2n) is 10.6. The van der Waals surface area contributed by atoms with Gasteiger partial charge >= 0.3 is 0 Å². The van der Waals surface area contributed by atoms with Crippen molar-refractivity contribution in [2.75, 3.05) is 19.0 Å². The van der Waals surface area contributed by atoms with E-state index >= 15 is 0 Å². The van der Waals surface area contributed by atoms with E-state index in [9.17, 15) is 4.79 Å². The van der Waals surface area contributed by atoms with Gasteiger partial charge in [-0.15, -0.1) is 10.2 Å². The highest BCUT2D eigenvalue weighted by Crippen LogP contribution is 2.32. The Balaban J connectivity index is 1.35. The zero-order chi connectivity index (χ0) is 26.7. The number of H-pyrrole nitrogens is 2. The highest BCUT2D eigenvalue weighted by atomic mass is 16.5. The molecule has 194 valence electrons. The first-order valence-corrected chi connectivity index (χ1v) is 12.8. The van der Waals surface area contributed by atoms with E-state index in [1.807, 2.05) is 30.5 Å². The zero-order valence-electron chi connectivity index (χ0n) is 22.2. The molecule has 0 aliphatic carbocycles. The number of aromatic nitrogens is 4. The normalized spacial score (nSPS) is 12.4. The van der Waals surface area contributed by atoms with E-state index in [0.717, 1.165) is 33.3 Å². The summed E-state index contributed by atoms with van der Waals surface area (Å²) < 4.78 is 5.35. The Morgan fingerprint density at radius 2 is 1.68 bits per heavy atom. The molecule has 3 aromatic carbocycles. The van der Waals surface area contributed by atoms with Gasteiger partial charge in [0.15, 0.2) is 0 Å². The molecule has 0 saturated heterocycles. The molecule has 5 rings (SSSR count). The molecule has 0 aliphatic rings. The summed E-state index contributed by atoms with van der Waals surface area (Å²) >= 11 is 0. The molecule has 1 atom stereocenters. The molecule has 5 aromatic rings. The van der Waals surface area contributed by atoms with Crippen LogP contribution in [0.3, 0.4) is 0 Å². The summed E-state index contributed by atoms with van der Waals surface area (Å²) in [4.78, 5) is 19.1. The van der Waals surface area contributed by atoms with E-state index in [-0.39, 0.29) is 16.9 Å². The molecule has 0 spiro atoms. The lowest BCUT2D eigenvalue weighted by Gasteiger charge is -2.19. The number of methoxy groups -OCH3 is 1. The van der Waals surface area contributed by atoms with Crippen molar-refractivity contribution in [2.24, 2.45) is 0 Å². The third-order valence-electron chi connectivity index (χ3n) is 6.94. The molecule has 38 heavy (non-hydrogen) atoms. The predicted molar refractivity (Wildman–Crippen MR) is 152 cm³/mol. The number of benzene rings is 3. The van der Waals surface area contributed by atoms with Crippen molar-refractivity contribution in [1.29, 1.82) is 0 Å². The van der Waals surface area contributed by atoms with Crippen molar-refractivity contribution in [3.63, 3.8) is 0 Å². The number of hydrogen-bond donors (Lipinski definition) is 3. The summed E-state index contributed by atoms with van der Waals surface area (Å²) in [7, 11) is 1.66. The van der Waals surface area contributed by atoms with Crippen molar-refractivity contribution in [2.45, 2.75) is 38.5 Å². The SMILES string of the molecule is COc1ccc([C@H](CNc2nnc(Cc3ccc(C(C)(C)C)cc3)c(=O)[nH]2)c2c[nH]c3ccccc23)cc1. The van der Waals surface area contributed by atoms with Crippen LogP contribution in [-0.4, -0.2) is 33.8 Å². The van der Waals surface area contributed by atoms with E-state index in [4.69, 9.17) is 4.74 Å². The van der Waals surface area contributed by atoms with E-state index in [2.05, 4.69) is 94.8 Å². The fourth-order valence-electron chi connectivity index (χ4n) is 4.70. The van der Waals surface area contributed by atoms with Crippen LogP contribution < -0.4 is 15.6 Å². The maximum absolute atomic E-state index is 12.8. The Hall–Kier alpha value is -4.39. The van der Waals surface area contributed by atoms with Crippen LogP contribution in [-0.2, 0) is 11.8 Å². The number of nitrogens with one attached hydrogen (secondary N) is 3. The summed E-state index contributed by atoms with van der Waals surface area (Å²) in [5.74, 6) is 1.15. The van der Waals surface area contributed by atoms with Crippen LogP contribution in [0.1, 0.15) is 54.6 Å². The Kier molecular flexibility index (Phi) is 7.01. The molecule has 0 bridgehead atoms. The summed E-state index contributed by atoms with van der Waals surface area (Å²) in [6, 6.07) is 24.6. The molecule has 7 nitrogen and oxygen atoms in total. The molecule has 0 aliphatic heterocycles. The van der Waals surface area contributed by atoms with Gasteiger partial charge in [-0.3, -0.25) is 9.78 Å². The summed E-state index contributed by atoms with van der Waals surface area (Å²) in [6.45, 7) is 7.07. The van der Waals surface area contributed by atoms with Gasteiger partial charge in [0, 0.05) is 36.0 Å². The fraction of sp³-hybridized carbons (Fsp3) is 0.258. The molecule has 0 fully saturated rings. The van der Waals surface area contributed by atoms with Crippen LogP contribution in [0, 0.1) is 0 Å². The molecule has 3 N–H and O–H groups in total. The molecule has 0 amide bonds. The highest BCUT2D eigenvalue weighted by molar-refractivity contribution is 5.84. The summed E-state index contributed by atoms with van der Waals surface area (Å²) in [6.07, 6.45) is 2.47. The first-order valence-electron chi connectivity index (χ1n) is 12.8. The van der Waals surface area contributed by atoms with E-state index in [0.29, 0.717) is 24.6 Å². The van der Waals surface area contributed by atoms with Gasteiger partial charge in [0.25, 0.3) is 5.56 Å². The average molecular weight is 508 g/mol. The third kappa shape index (κ3) is 5.47. The molecular weight excluding hydrogens is 474 g/mol. The lowest BCUT2D eigenvalue weighted by Crippen LogP contribution is -2.22. The minimum Gasteiger partial charge on any atom is -0.497 e. The van der Waals surface area contributed by atoms with Crippen LogP contribution in [0.5, 0.6) is 5.75 Å². The average Bonchev–Trinajstić information content (AvgIpc) is 3.34.